The number of benzene rings is 2. The molecule has 2 aromatic carbocycles. The van der Waals surface area contributed by atoms with Crippen molar-refractivity contribution in [2.75, 3.05) is 6.54 Å². The van der Waals surface area contributed by atoms with Crippen LogP contribution in [0, 0.1) is 0 Å². The van der Waals surface area contributed by atoms with Gasteiger partial charge >= 0.3 is 0 Å². The van der Waals surface area contributed by atoms with E-state index in [1.54, 1.807) is 60.7 Å². The van der Waals surface area contributed by atoms with Crippen molar-refractivity contribution in [3.63, 3.8) is 0 Å². The van der Waals surface area contributed by atoms with Crippen molar-refractivity contribution >= 4 is 10.1 Å². The predicted molar refractivity (Wildman–Crippen MR) is 74.3 cm³/mol. The standard InChI is InChI=1S/C14H15NO3S/c15-11-14(19(16,17)18,12-7-3-1-4-8-12)13-9-5-2-6-10-13/h1-10H,11,15H2,(H,16,17,18). The van der Waals surface area contributed by atoms with Gasteiger partial charge in [0, 0.05) is 6.54 Å². The Morgan fingerprint density at radius 2 is 1.26 bits per heavy atom. The van der Waals surface area contributed by atoms with E-state index in [4.69, 9.17) is 5.73 Å². The molecular weight excluding hydrogens is 262 g/mol. The van der Waals surface area contributed by atoms with Gasteiger partial charge in [-0.15, -0.1) is 0 Å². The molecule has 0 heterocycles. The average molecular weight is 277 g/mol. The van der Waals surface area contributed by atoms with E-state index < -0.39 is 14.9 Å². The van der Waals surface area contributed by atoms with Crippen LogP contribution >= 0.6 is 0 Å². The van der Waals surface area contributed by atoms with Crippen LogP contribution in [0.5, 0.6) is 0 Å². The van der Waals surface area contributed by atoms with Gasteiger partial charge in [0.1, 0.15) is 0 Å². The molecule has 0 aromatic heterocycles. The third-order valence-corrected chi connectivity index (χ3v) is 4.73. The smallest absolute Gasteiger partial charge is 0.280 e. The Morgan fingerprint density at radius 1 is 0.895 bits per heavy atom. The van der Waals surface area contributed by atoms with Crippen molar-refractivity contribution in [3.05, 3.63) is 71.8 Å². The van der Waals surface area contributed by atoms with E-state index in [0.29, 0.717) is 11.1 Å². The van der Waals surface area contributed by atoms with Gasteiger partial charge in [-0.25, -0.2) is 0 Å². The van der Waals surface area contributed by atoms with Crippen LogP contribution in [0.4, 0.5) is 0 Å². The highest BCUT2D eigenvalue weighted by molar-refractivity contribution is 7.87. The van der Waals surface area contributed by atoms with Gasteiger partial charge in [0.15, 0.2) is 4.75 Å². The Hall–Kier alpha value is -1.69. The maximum absolute atomic E-state index is 12.0. The summed E-state index contributed by atoms with van der Waals surface area (Å²) in [6.07, 6.45) is 0. The number of hydrogen-bond donors (Lipinski definition) is 2. The predicted octanol–water partition coefficient (Wildman–Crippen LogP) is 1.78. The lowest BCUT2D eigenvalue weighted by Gasteiger charge is -2.30. The molecule has 19 heavy (non-hydrogen) atoms. The molecule has 0 saturated carbocycles. The van der Waals surface area contributed by atoms with Gasteiger partial charge in [0.2, 0.25) is 0 Å². The second-order valence-corrected chi connectivity index (χ2v) is 5.89. The van der Waals surface area contributed by atoms with Crippen molar-refractivity contribution in [1.82, 2.24) is 0 Å². The van der Waals surface area contributed by atoms with Crippen LogP contribution in [-0.4, -0.2) is 19.5 Å². The minimum atomic E-state index is -4.41. The molecule has 0 spiro atoms. The van der Waals surface area contributed by atoms with Crippen LogP contribution in [0.2, 0.25) is 0 Å². The van der Waals surface area contributed by atoms with Gasteiger partial charge in [0.25, 0.3) is 10.1 Å². The number of hydrogen-bond acceptors (Lipinski definition) is 3. The van der Waals surface area contributed by atoms with E-state index in [2.05, 4.69) is 0 Å². The van der Waals surface area contributed by atoms with Crippen molar-refractivity contribution in [2.45, 2.75) is 4.75 Å². The summed E-state index contributed by atoms with van der Waals surface area (Å²) in [7, 11) is -4.41. The Bertz CT molecular complexity index is 599. The number of rotatable bonds is 4. The fourth-order valence-electron chi connectivity index (χ4n) is 2.22. The van der Waals surface area contributed by atoms with Crippen LogP contribution < -0.4 is 5.73 Å². The van der Waals surface area contributed by atoms with E-state index in [9.17, 15) is 13.0 Å². The molecule has 0 unspecified atom stereocenters. The summed E-state index contributed by atoms with van der Waals surface area (Å²) in [5.41, 5.74) is 6.62. The molecule has 2 rings (SSSR count). The molecule has 0 aliphatic rings. The van der Waals surface area contributed by atoms with E-state index in [1.165, 1.54) is 0 Å². The van der Waals surface area contributed by atoms with Crippen LogP contribution in [0.15, 0.2) is 60.7 Å². The van der Waals surface area contributed by atoms with Crippen LogP contribution in [0.3, 0.4) is 0 Å². The second kappa shape index (κ2) is 5.13. The summed E-state index contributed by atoms with van der Waals surface area (Å²) in [5.74, 6) is 0. The molecule has 0 fully saturated rings. The molecule has 5 heteroatoms. The molecule has 0 atom stereocenters. The lowest BCUT2D eigenvalue weighted by Crippen LogP contribution is -2.43. The molecule has 0 bridgehead atoms. The molecule has 0 saturated heterocycles. The minimum Gasteiger partial charge on any atom is -0.328 e. The summed E-state index contributed by atoms with van der Waals surface area (Å²) in [4.78, 5) is 0. The summed E-state index contributed by atoms with van der Waals surface area (Å²) in [6.45, 7) is -0.236. The van der Waals surface area contributed by atoms with Crippen LogP contribution in [-0.2, 0) is 14.9 Å². The van der Waals surface area contributed by atoms with Crippen LogP contribution in [0.25, 0.3) is 0 Å². The van der Waals surface area contributed by atoms with Gasteiger partial charge in [-0.3, -0.25) is 4.55 Å². The van der Waals surface area contributed by atoms with Gasteiger partial charge in [-0.05, 0) is 11.1 Å². The molecular formula is C14H15NO3S. The SMILES string of the molecule is NCC(c1ccccc1)(c1ccccc1)S(=O)(=O)O. The molecule has 2 aromatic rings. The summed E-state index contributed by atoms with van der Waals surface area (Å²) in [5, 5.41) is 0. The minimum absolute atomic E-state index is 0.236. The first kappa shape index (κ1) is 13.7. The van der Waals surface area contributed by atoms with Gasteiger partial charge in [-0.2, -0.15) is 8.42 Å². The Labute approximate surface area is 112 Å². The van der Waals surface area contributed by atoms with E-state index in [1.807, 2.05) is 0 Å². The van der Waals surface area contributed by atoms with E-state index in [0.717, 1.165) is 0 Å². The molecule has 0 aliphatic heterocycles. The van der Waals surface area contributed by atoms with Gasteiger partial charge in [0.05, 0.1) is 0 Å². The Morgan fingerprint density at radius 3 is 1.53 bits per heavy atom. The summed E-state index contributed by atoms with van der Waals surface area (Å²) in [6, 6.07) is 17.0. The van der Waals surface area contributed by atoms with E-state index >= 15 is 0 Å². The first-order valence-electron chi connectivity index (χ1n) is 5.80. The molecule has 0 amide bonds. The Kier molecular flexibility index (Phi) is 3.71. The first-order valence-corrected chi connectivity index (χ1v) is 7.24. The largest absolute Gasteiger partial charge is 0.328 e. The lowest BCUT2D eigenvalue weighted by molar-refractivity contribution is 0.447. The zero-order valence-electron chi connectivity index (χ0n) is 10.2. The van der Waals surface area contributed by atoms with Crippen molar-refractivity contribution in [3.8, 4) is 0 Å². The molecule has 100 valence electrons. The molecule has 0 radical (unpaired) electrons. The zero-order chi connectivity index (χ0) is 13.9. The van der Waals surface area contributed by atoms with Gasteiger partial charge < -0.3 is 5.73 Å². The van der Waals surface area contributed by atoms with Crippen molar-refractivity contribution in [1.29, 1.82) is 0 Å². The molecule has 4 nitrogen and oxygen atoms in total. The third-order valence-electron chi connectivity index (χ3n) is 3.21. The van der Waals surface area contributed by atoms with Crippen molar-refractivity contribution in [2.24, 2.45) is 5.73 Å². The highest BCUT2D eigenvalue weighted by atomic mass is 32.2. The summed E-state index contributed by atoms with van der Waals surface area (Å²) >= 11 is 0. The monoisotopic (exact) mass is 277 g/mol. The average Bonchev–Trinajstić information content (AvgIpc) is 2.41. The highest BCUT2D eigenvalue weighted by Gasteiger charge is 2.45. The molecule has 3 N–H and O–H groups in total. The summed E-state index contributed by atoms with van der Waals surface area (Å²) < 4.78 is 32.0. The zero-order valence-corrected chi connectivity index (χ0v) is 11.0. The normalized spacial score (nSPS) is 12.3. The maximum atomic E-state index is 12.0. The molecule has 0 aliphatic carbocycles. The first-order chi connectivity index (χ1) is 9.02. The van der Waals surface area contributed by atoms with Crippen molar-refractivity contribution < 1.29 is 13.0 Å². The van der Waals surface area contributed by atoms with Gasteiger partial charge in [-0.1, -0.05) is 60.7 Å². The van der Waals surface area contributed by atoms with Crippen LogP contribution in [0.1, 0.15) is 11.1 Å². The second-order valence-electron chi connectivity index (χ2n) is 4.24. The number of nitrogens with two attached hydrogens (primary N) is 1. The van der Waals surface area contributed by atoms with E-state index in [-0.39, 0.29) is 6.54 Å². The lowest BCUT2D eigenvalue weighted by atomic mass is 9.90. The topological polar surface area (TPSA) is 80.4 Å². The third kappa shape index (κ3) is 2.28. The maximum Gasteiger partial charge on any atom is 0.280 e. The Balaban J connectivity index is 2.78. The quantitative estimate of drug-likeness (QED) is 0.835. The highest BCUT2D eigenvalue weighted by Crippen LogP contribution is 2.36. The fourth-order valence-corrected chi connectivity index (χ4v) is 3.30. The fraction of sp³-hybridized carbons (Fsp3) is 0.143.